The van der Waals surface area contributed by atoms with Gasteiger partial charge in [-0.05, 0) is 36.8 Å². The van der Waals surface area contributed by atoms with Gasteiger partial charge in [-0.3, -0.25) is 0 Å². The molecule has 3 N–H and O–H groups in total. The molecule has 0 unspecified atom stereocenters. The summed E-state index contributed by atoms with van der Waals surface area (Å²) in [6.07, 6.45) is 7.89. The van der Waals surface area contributed by atoms with Gasteiger partial charge >= 0.3 is 0 Å². The summed E-state index contributed by atoms with van der Waals surface area (Å²) in [5, 5.41) is 16.6. The zero-order valence-corrected chi connectivity index (χ0v) is 16.7. The van der Waals surface area contributed by atoms with E-state index in [0.717, 1.165) is 16.8 Å². The lowest BCUT2D eigenvalue weighted by atomic mass is 10.1. The van der Waals surface area contributed by atoms with Gasteiger partial charge in [-0.2, -0.15) is 10.4 Å². The predicted molar refractivity (Wildman–Crippen MR) is 114 cm³/mol. The third kappa shape index (κ3) is 4.91. The maximum Gasteiger partial charge on any atom is 0.227 e. The van der Waals surface area contributed by atoms with Gasteiger partial charge < -0.3 is 15.8 Å². The Labute approximate surface area is 178 Å². The second-order valence-corrected chi connectivity index (χ2v) is 6.76. The molecule has 0 aliphatic carbocycles. The Bertz CT molecular complexity index is 1180. The second kappa shape index (κ2) is 8.87. The first-order valence-corrected chi connectivity index (χ1v) is 9.45. The summed E-state index contributed by atoms with van der Waals surface area (Å²) in [4.78, 5) is 16.6. The fourth-order valence-electron chi connectivity index (χ4n) is 2.89. The highest BCUT2D eigenvalue weighted by Crippen LogP contribution is 2.28. The van der Waals surface area contributed by atoms with E-state index in [1.54, 1.807) is 47.8 Å². The number of nitrogens with one attached hydrogen (secondary N) is 1. The SMILES string of the molecule is C[C@@H](Cn1cncn1)Oc1cc(-c2cnc(Nc3ccc(N)nc3)nc2)ccc1C#N. The number of nitrogens with zero attached hydrogens (tertiary/aromatic N) is 7. The highest BCUT2D eigenvalue weighted by Gasteiger charge is 2.12. The predicted octanol–water partition coefficient (Wildman–Crippen LogP) is 2.80. The van der Waals surface area contributed by atoms with Gasteiger partial charge in [-0.25, -0.2) is 24.6 Å². The largest absolute Gasteiger partial charge is 0.487 e. The molecule has 3 aromatic heterocycles. The molecule has 4 rings (SSSR count). The van der Waals surface area contributed by atoms with Crippen molar-refractivity contribution in [3.05, 3.63) is 67.1 Å². The third-order valence-electron chi connectivity index (χ3n) is 4.37. The van der Waals surface area contributed by atoms with Crippen LogP contribution in [-0.2, 0) is 6.54 Å². The van der Waals surface area contributed by atoms with Crippen molar-refractivity contribution in [3.63, 3.8) is 0 Å². The number of pyridine rings is 1. The van der Waals surface area contributed by atoms with E-state index >= 15 is 0 Å². The highest BCUT2D eigenvalue weighted by atomic mass is 16.5. The van der Waals surface area contributed by atoms with E-state index in [1.165, 1.54) is 6.33 Å². The van der Waals surface area contributed by atoms with Crippen LogP contribution in [0.2, 0.25) is 0 Å². The standard InChI is InChI=1S/C21H19N9O/c1-14(11-30-13-24-12-28-30)31-19-6-15(2-3-16(19)7-22)17-8-26-21(27-9-17)29-18-4-5-20(23)25-10-18/h2-6,8-10,12-14H,11H2,1H3,(H2,23,25)(H,26,27,29)/t14-/m0/s1. The second-order valence-electron chi connectivity index (χ2n) is 6.76. The summed E-state index contributed by atoms with van der Waals surface area (Å²) < 4.78 is 7.68. The molecule has 0 bridgehead atoms. The van der Waals surface area contributed by atoms with Crippen molar-refractivity contribution in [3.8, 4) is 22.9 Å². The van der Waals surface area contributed by atoms with Gasteiger partial charge in [0.25, 0.3) is 0 Å². The Kier molecular flexibility index (Phi) is 5.66. The normalized spacial score (nSPS) is 11.5. The minimum Gasteiger partial charge on any atom is -0.487 e. The molecule has 0 saturated carbocycles. The molecule has 154 valence electrons. The first-order chi connectivity index (χ1) is 15.1. The van der Waals surface area contributed by atoms with E-state index in [2.05, 4.69) is 36.4 Å². The zero-order valence-electron chi connectivity index (χ0n) is 16.7. The molecule has 0 amide bonds. The van der Waals surface area contributed by atoms with Gasteiger partial charge in [-0.1, -0.05) is 6.07 Å². The monoisotopic (exact) mass is 413 g/mol. The van der Waals surface area contributed by atoms with Crippen LogP contribution in [0.1, 0.15) is 12.5 Å². The molecular weight excluding hydrogens is 394 g/mol. The van der Waals surface area contributed by atoms with Gasteiger partial charge in [0.05, 0.1) is 24.0 Å². The number of hydrogen-bond donors (Lipinski definition) is 2. The van der Waals surface area contributed by atoms with Crippen LogP contribution < -0.4 is 15.8 Å². The van der Waals surface area contributed by atoms with E-state index in [9.17, 15) is 5.26 Å². The summed E-state index contributed by atoms with van der Waals surface area (Å²) >= 11 is 0. The van der Waals surface area contributed by atoms with Gasteiger partial charge in [0.2, 0.25) is 5.95 Å². The number of ether oxygens (including phenoxy) is 1. The fourth-order valence-corrected chi connectivity index (χ4v) is 2.89. The van der Waals surface area contributed by atoms with E-state index in [4.69, 9.17) is 10.5 Å². The lowest BCUT2D eigenvalue weighted by Gasteiger charge is -2.16. The number of anilines is 3. The average Bonchev–Trinajstić information content (AvgIpc) is 3.29. The molecule has 0 spiro atoms. The average molecular weight is 413 g/mol. The summed E-state index contributed by atoms with van der Waals surface area (Å²) in [5.41, 5.74) is 8.40. The van der Waals surface area contributed by atoms with E-state index in [1.807, 2.05) is 19.1 Å². The molecule has 4 aromatic rings. The van der Waals surface area contributed by atoms with Gasteiger partial charge in [-0.15, -0.1) is 0 Å². The van der Waals surface area contributed by atoms with Gasteiger partial charge in [0.1, 0.15) is 36.4 Å². The van der Waals surface area contributed by atoms with Crippen molar-refractivity contribution < 1.29 is 4.74 Å². The number of rotatable bonds is 7. The number of hydrogen-bond acceptors (Lipinski definition) is 9. The zero-order chi connectivity index (χ0) is 21.6. The number of aromatic nitrogens is 6. The molecule has 10 nitrogen and oxygen atoms in total. The molecule has 0 fully saturated rings. The number of benzene rings is 1. The van der Waals surface area contributed by atoms with Crippen molar-refractivity contribution >= 4 is 17.5 Å². The quantitative estimate of drug-likeness (QED) is 0.468. The minimum absolute atomic E-state index is 0.208. The summed E-state index contributed by atoms with van der Waals surface area (Å²) in [5.74, 6) is 1.36. The van der Waals surface area contributed by atoms with Crippen molar-refractivity contribution in [1.29, 1.82) is 5.26 Å². The Hall–Kier alpha value is -4.52. The molecule has 31 heavy (non-hydrogen) atoms. The fraction of sp³-hybridized carbons (Fsp3) is 0.143. The van der Waals surface area contributed by atoms with Crippen LogP contribution in [-0.4, -0.2) is 35.8 Å². The van der Waals surface area contributed by atoms with Crippen LogP contribution in [0, 0.1) is 11.3 Å². The molecule has 1 atom stereocenters. The molecule has 1 aromatic carbocycles. The summed E-state index contributed by atoms with van der Waals surface area (Å²) in [6.45, 7) is 2.42. The Morgan fingerprint density at radius 2 is 1.97 bits per heavy atom. The maximum absolute atomic E-state index is 9.44. The lowest BCUT2D eigenvalue weighted by molar-refractivity contribution is 0.193. The van der Waals surface area contributed by atoms with Crippen LogP contribution in [0.15, 0.2) is 61.6 Å². The topological polar surface area (TPSA) is 140 Å². The van der Waals surface area contributed by atoms with E-state index in [0.29, 0.717) is 29.6 Å². The van der Waals surface area contributed by atoms with Crippen molar-refractivity contribution in [2.75, 3.05) is 11.1 Å². The Balaban J connectivity index is 1.50. The molecule has 0 aliphatic heterocycles. The van der Waals surface area contributed by atoms with Crippen LogP contribution in [0.3, 0.4) is 0 Å². The number of nitrogens with two attached hydrogens (primary N) is 1. The minimum atomic E-state index is -0.208. The van der Waals surface area contributed by atoms with Crippen molar-refractivity contribution in [1.82, 2.24) is 29.7 Å². The molecule has 0 saturated heterocycles. The third-order valence-corrected chi connectivity index (χ3v) is 4.37. The smallest absolute Gasteiger partial charge is 0.227 e. The van der Waals surface area contributed by atoms with Gasteiger partial charge in [0, 0.05) is 18.0 Å². The Morgan fingerprint density at radius 3 is 2.65 bits per heavy atom. The summed E-state index contributed by atoms with van der Waals surface area (Å²) in [7, 11) is 0. The summed E-state index contributed by atoms with van der Waals surface area (Å²) in [6, 6.07) is 11.0. The number of nitrogen functional groups attached to an aromatic ring is 1. The maximum atomic E-state index is 9.44. The molecule has 0 aliphatic rings. The van der Waals surface area contributed by atoms with Crippen molar-refractivity contribution in [2.24, 2.45) is 0 Å². The van der Waals surface area contributed by atoms with Crippen molar-refractivity contribution in [2.45, 2.75) is 19.6 Å². The van der Waals surface area contributed by atoms with Crippen LogP contribution in [0.5, 0.6) is 5.75 Å². The first kappa shape index (κ1) is 19.8. The molecule has 3 heterocycles. The molecular formula is C21H19N9O. The molecule has 10 heteroatoms. The van der Waals surface area contributed by atoms with Gasteiger partial charge in [0.15, 0.2) is 0 Å². The number of nitriles is 1. The lowest BCUT2D eigenvalue weighted by Crippen LogP contribution is -2.20. The van der Waals surface area contributed by atoms with E-state index < -0.39 is 0 Å². The highest BCUT2D eigenvalue weighted by molar-refractivity contribution is 5.66. The van der Waals surface area contributed by atoms with Crippen LogP contribution in [0.4, 0.5) is 17.5 Å². The van der Waals surface area contributed by atoms with Crippen LogP contribution >= 0.6 is 0 Å². The van der Waals surface area contributed by atoms with E-state index in [-0.39, 0.29) is 6.10 Å². The molecule has 0 radical (unpaired) electrons. The van der Waals surface area contributed by atoms with Crippen LogP contribution in [0.25, 0.3) is 11.1 Å². The first-order valence-electron chi connectivity index (χ1n) is 9.45. The Morgan fingerprint density at radius 1 is 1.13 bits per heavy atom.